The Morgan fingerprint density at radius 1 is 0.771 bits per heavy atom. The summed E-state index contributed by atoms with van der Waals surface area (Å²) in [6.45, 7) is 11.3. The Morgan fingerprint density at radius 3 is 1.51 bits per heavy atom. The van der Waals surface area contributed by atoms with Crippen LogP contribution in [0.3, 0.4) is 0 Å². The molecule has 8 nitrogen and oxygen atoms in total. The molecule has 0 bridgehead atoms. The summed E-state index contributed by atoms with van der Waals surface area (Å²) >= 11 is 10.1. The number of nitrogens with one attached hydrogen (secondary N) is 3. The maximum Gasteiger partial charge on any atom is 0.422 e. The van der Waals surface area contributed by atoms with Gasteiger partial charge in [0.05, 0.1) is 0 Å². The standard InChI is InChI=1S/C12H17BrN2O2.C7H6Br2.C5H12N2O2/c1-12(2,3)17-11(16)15-14-8-9-4-6-10(13)7-5-9;8-5-6-1-3-7(9)4-2-6;1-5(2,3)9-4(8)7-6/h4-7,14H,8H2,1-3H3,(H,15,16);1-4H,5H2;6H2,1-3H3,(H,7,8). The van der Waals surface area contributed by atoms with E-state index in [1.165, 1.54) is 5.56 Å². The number of halogens is 3. The minimum absolute atomic E-state index is 0.469. The summed E-state index contributed by atoms with van der Waals surface area (Å²) in [5.41, 5.74) is 8.57. The van der Waals surface area contributed by atoms with Gasteiger partial charge in [-0.25, -0.2) is 20.9 Å². The van der Waals surface area contributed by atoms with Crippen LogP contribution in [0.2, 0.25) is 0 Å². The van der Waals surface area contributed by atoms with Crippen molar-refractivity contribution in [2.24, 2.45) is 5.84 Å². The topological polar surface area (TPSA) is 115 Å². The number of hydrazine groups is 2. The summed E-state index contributed by atoms with van der Waals surface area (Å²) in [6, 6.07) is 16.1. The lowest BCUT2D eigenvalue weighted by Gasteiger charge is -2.19. The predicted molar refractivity (Wildman–Crippen MR) is 151 cm³/mol. The number of nitrogens with two attached hydrogens (primary N) is 1. The molecule has 0 saturated carbocycles. The van der Waals surface area contributed by atoms with Crippen molar-refractivity contribution < 1.29 is 19.1 Å². The fraction of sp³-hybridized carbons (Fsp3) is 0.417. The van der Waals surface area contributed by atoms with Crippen molar-refractivity contribution >= 4 is 60.0 Å². The van der Waals surface area contributed by atoms with Crippen LogP contribution in [0.25, 0.3) is 0 Å². The molecule has 0 unspecified atom stereocenters. The van der Waals surface area contributed by atoms with Crippen molar-refractivity contribution in [3.05, 3.63) is 68.6 Å². The normalized spacial score (nSPS) is 10.6. The maximum absolute atomic E-state index is 11.3. The van der Waals surface area contributed by atoms with Gasteiger partial charge in [-0.3, -0.25) is 10.9 Å². The molecule has 0 fully saturated rings. The highest BCUT2D eigenvalue weighted by atomic mass is 79.9. The van der Waals surface area contributed by atoms with Gasteiger partial charge in [-0.1, -0.05) is 72.1 Å². The highest BCUT2D eigenvalue weighted by Crippen LogP contribution is 2.12. The number of alkyl halides is 1. The molecule has 5 N–H and O–H groups in total. The summed E-state index contributed by atoms with van der Waals surface area (Å²) in [5, 5.41) is 0.931. The molecular formula is C24H35Br3N4O4. The van der Waals surface area contributed by atoms with Gasteiger partial charge in [0.1, 0.15) is 11.2 Å². The number of ether oxygens (including phenoxy) is 2. The van der Waals surface area contributed by atoms with E-state index in [4.69, 9.17) is 15.3 Å². The lowest BCUT2D eigenvalue weighted by molar-refractivity contribution is 0.0493. The molecule has 0 aliphatic heterocycles. The van der Waals surface area contributed by atoms with Crippen LogP contribution in [0.1, 0.15) is 52.7 Å². The Kier molecular flexibility index (Phi) is 16.1. The number of carbonyl (C=O) groups excluding carboxylic acids is 2. The van der Waals surface area contributed by atoms with E-state index in [2.05, 4.69) is 70.8 Å². The van der Waals surface area contributed by atoms with Gasteiger partial charge in [0.15, 0.2) is 0 Å². The van der Waals surface area contributed by atoms with Crippen LogP contribution in [0.4, 0.5) is 9.59 Å². The minimum Gasteiger partial charge on any atom is -0.443 e. The zero-order chi connectivity index (χ0) is 27.1. The van der Waals surface area contributed by atoms with Crippen molar-refractivity contribution in [1.82, 2.24) is 16.3 Å². The fourth-order valence-corrected chi connectivity index (χ4v) is 2.91. The summed E-state index contributed by atoms with van der Waals surface area (Å²) < 4.78 is 11.9. The Labute approximate surface area is 233 Å². The van der Waals surface area contributed by atoms with Crippen molar-refractivity contribution in [3.63, 3.8) is 0 Å². The van der Waals surface area contributed by atoms with Gasteiger partial charge in [-0.05, 0) is 76.9 Å². The van der Waals surface area contributed by atoms with Gasteiger partial charge >= 0.3 is 12.2 Å². The second-order valence-corrected chi connectivity index (χ2v) is 11.4. The Hall–Kier alpha value is -1.66. The van der Waals surface area contributed by atoms with Crippen LogP contribution in [-0.4, -0.2) is 23.4 Å². The number of benzene rings is 2. The first-order valence-corrected chi connectivity index (χ1v) is 13.3. The van der Waals surface area contributed by atoms with Gasteiger partial charge in [0.25, 0.3) is 0 Å². The van der Waals surface area contributed by atoms with Crippen molar-refractivity contribution in [3.8, 4) is 0 Å². The molecule has 2 aromatic rings. The molecule has 0 saturated heterocycles. The van der Waals surface area contributed by atoms with Gasteiger partial charge in [0, 0.05) is 20.8 Å². The van der Waals surface area contributed by atoms with Gasteiger partial charge in [0.2, 0.25) is 0 Å². The van der Waals surface area contributed by atoms with E-state index in [1.807, 2.05) is 62.6 Å². The summed E-state index contributed by atoms with van der Waals surface area (Å²) in [5.74, 6) is 4.75. The van der Waals surface area contributed by atoms with Crippen molar-refractivity contribution in [2.45, 2.75) is 64.6 Å². The number of hydrogen-bond acceptors (Lipinski definition) is 6. The molecule has 35 heavy (non-hydrogen) atoms. The average molecular weight is 683 g/mol. The van der Waals surface area contributed by atoms with Crippen LogP contribution < -0.4 is 22.1 Å². The number of carbonyl (C=O) groups is 2. The van der Waals surface area contributed by atoms with Gasteiger partial charge in [-0.15, -0.1) is 0 Å². The molecule has 0 aliphatic carbocycles. The third-order valence-electron chi connectivity index (χ3n) is 3.38. The number of rotatable bonds is 4. The summed E-state index contributed by atoms with van der Waals surface area (Å²) in [4.78, 5) is 21.7. The first-order chi connectivity index (χ1) is 16.1. The number of amides is 2. The number of hydrogen-bond donors (Lipinski definition) is 4. The molecule has 196 valence electrons. The molecule has 0 atom stereocenters. The molecule has 0 heterocycles. The molecule has 0 radical (unpaired) electrons. The SMILES string of the molecule is BrCc1ccc(Br)cc1.CC(C)(C)OC(=O)NN.CC(C)(C)OC(=O)NNCc1ccc(Br)cc1. The smallest absolute Gasteiger partial charge is 0.422 e. The maximum atomic E-state index is 11.3. The van der Waals surface area contributed by atoms with E-state index in [1.54, 1.807) is 20.8 Å². The molecule has 0 spiro atoms. The Bertz CT molecular complexity index is 882. The molecule has 2 rings (SSSR count). The van der Waals surface area contributed by atoms with E-state index < -0.39 is 23.4 Å². The zero-order valence-electron chi connectivity index (χ0n) is 20.9. The quantitative estimate of drug-likeness (QED) is 0.123. The van der Waals surface area contributed by atoms with E-state index in [0.29, 0.717) is 6.54 Å². The third kappa shape index (κ3) is 20.3. The van der Waals surface area contributed by atoms with E-state index in [9.17, 15) is 9.59 Å². The van der Waals surface area contributed by atoms with Crippen LogP contribution in [0.15, 0.2) is 57.5 Å². The van der Waals surface area contributed by atoms with Crippen molar-refractivity contribution in [2.75, 3.05) is 0 Å². The van der Waals surface area contributed by atoms with E-state index in [0.717, 1.165) is 19.8 Å². The van der Waals surface area contributed by atoms with Crippen LogP contribution >= 0.6 is 47.8 Å². The van der Waals surface area contributed by atoms with Crippen LogP contribution in [-0.2, 0) is 21.3 Å². The highest BCUT2D eigenvalue weighted by molar-refractivity contribution is 9.10. The Balaban J connectivity index is 0.000000543. The van der Waals surface area contributed by atoms with Crippen LogP contribution in [0, 0.1) is 0 Å². The van der Waals surface area contributed by atoms with Gasteiger partial charge in [-0.2, -0.15) is 0 Å². The van der Waals surface area contributed by atoms with E-state index in [-0.39, 0.29) is 0 Å². The fourth-order valence-electron chi connectivity index (χ4n) is 2.01. The minimum atomic E-state index is -0.609. The monoisotopic (exact) mass is 680 g/mol. The molecule has 11 heteroatoms. The largest absolute Gasteiger partial charge is 0.443 e. The van der Waals surface area contributed by atoms with Crippen LogP contribution in [0.5, 0.6) is 0 Å². The molecule has 2 aromatic carbocycles. The molecular weight excluding hydrogens is 648 g/mol. The lowest BCUT2D eigenvalue weighted by Crippen LogP contribution is -2.40. The lowest BCUT2D eigenvalue weighted by atomic mass is 10.2. The zero-order valence-corrected chi connectivity index (χ0v) is 25.6. The van der Waals surface area contributed by atoms with E-state index >= 15 is 0 Å². The van der Waals surface area contributed by atoms with Crippen molar-refractivity contribution in [1.29, 1.82) is 0 Å². The molecule has 2 amide bonds. The first kappa shape index (κ1) is 33.3. The second-order valence-electron chi connectivity index (χ2n) is 9.01. The first-order valence-electron chi connectivity index (χ1n) is 10.6. The predicted octanol–water partition coefficient (Wildman–Crippen LogP) is 6.71. The highest BCUT2D eigenvalue weighted by Gasteiger charge is 2.15. The average Bonchev–Trinajstić information content (AvgIpc) is 2.74. The third-order valence-corrected chi connectivity index (χ3v) is 5.08. The van der Waals surface area contributed by atoms with Gasteiger partial charge < -0.3 is 9.47 Å². The molecule has 0 aliphatic rings. The summed E-state index contributed by atoms with van der Waals surface area (Å²) in [6.07, 6.45) is -1.09. The Morgan fingerprint density at radius 2 is 1.17 bits per heavy atom. The summed E-state index contributed by atoms with van der Waals surface area (Å²) in [7, 11) is 0. The molecule has 0 aromatic heterocycles. The second kappa shape index (κ2) is 16.9.